The average Bonchev–Trinajstić information content (AvgIpc) is 2.99. The van der Waals surface area contributed by atoms with Crippen LogP contribution in [0, 0.1) is 0 Å². The van der Waals surface area contributed by atoms with Gasteiger partial charge in [0, 0.05) is 19.3 Å². The lowest BCUT2D eigenvalue weighted by molar-refractivity contribution is 0.0696. The minimum Gasteiger partial charge on any atom is -0.478 e. The maximum Gasteiger partial charge on any atom is 0.335 e. The van der Waals surface area contributed by atoms with E-state index in [9.17, 15) is 9.59 Å². The van der Waals surface area contributed by atoms with E-state index >= 15 is 0 Å². The zero-order chi connectivity index (χ0) is 15.1. The summed E-state index contributed by atoms with van der Waals surface area (Å²) in [6.07, 6.45) is 3.27. The number of hydrogen-bond donors (Lipinski definition) is 3. The molecule has 2 amide bonds. The molecule has 0 bridgehead atoms. The second-order valence-corrected chi connectivity index (χ2v) is 4.28. The predicted molar refractivity (Wildman–Crippen MR) is 73.7 cm³/mol. The van der Waals surface area contributed by atoms with E-state index in [1.165, 1.54) is 12.1 Å². The topological polar surface area (TPSA) is 109 Å². The Hall–Kier alpha value is -2.90. The molecule has 8 heteroatoms. The Morgan fingerprint density at radius 2 is 2.14 bits per heavy atom. The third-order valence-electron chi connectivity index (χ3n) is 2.73. The number of nitrogens with zero attached hydrogens (tertiary/aromatic N) is 3. The van der Waals surface area contributed by atoms with E-state index in [-0.39, 0.29) is 18.1 Å². The number of urea groups is 1. The monoisotopic (exact) mass is 289 g/mol. The van der Waals surface area contributed by atoms with Crippen molar-refractivity contribution >= 4 is 12.0 Å². The summed E-state index contributed by atoms with van der Waals surface area (Å²) in [6, 6.07) is 6.10. The Labute approximate surface area is 120 Å². The second kappa shape index (κ2) is 7.04. The van der Waals surface area contributed by atoms with Crippen LogP contribution in [0.4, 0.5) is 4.79 Å². The van der Waals surface area contributed by atoms with Gasteiger partial charge < -0.3 is 15.7 Å². The number of nitrogens with one attached hydrogen (secondary N) is 2. The van der Waals surface area contributed by atoms with Crippen molar-refractivity contribution in [3.8, 4) is 0 Å². The summed E-state index contributed by atoms with van der Waals surface area (Å²) in [4.78, 5) is 22.4. The van der Waals surface area contributed by atoms with Gasteiger partial charge in [0.1, 0.15) is 0 Å². The van der Waals surface area contributed by atoms with Crippen LogP contribution in [0.1, 0.15) is 15.9 Å². The predicted octanol–water partition coefficient (Wildman–Crippen LogP) is 0.476. The summed E-state index contributed by atoms with van der Waals surface area (Å²) in [5, 5.41) is 21.6. The summed E-state index contributed by atoms with van der Waals surface area (Å²) in [7, 11) is 0. The van der Waals surface area contributed by atoms with Crippen LogP contribution in [-0.2, 0) is 13.1 Å². The van der Waals surface area contributed by atoms with Crippen molar-refractivity contribution in [3.05, 3.63) is 47.8 Å². The van der Waals surface area contributed by atoms with E-state index in [1.807, 2.05) is 0 Å². The third kappa shape index (κ3) is 4.60. The molecule has 0 atom stereocenters. The number of carbonyl (C=O) groups is 2. The first kappa shape index (κ1) is 14.5. The van der Waals surface area contributed by atoms with Gasteiger partial charge in [-0.3, -0.25) is 4.68 Å². The highest BCUT2D eigenvalue weighted by Gasteiger charge is 2.04. The molecule has 2 rings (SSSR count). The number of aromatic nitrogens is 3. The SMILES string of the molecule is O=C(NCCn1ccnn1)NCc1cccc(C(=O)O)c1. The van der Waals surface area contributed by atoms with Crippen LogP contribution in [0.25, 0.3) is 0 Å². The highest BCUT2D eigenvalue weighted by molar-refractivity contribution is 5.87. The van der Waals surface area contributed by atoms with Gasteiger partial charge in [0.15, 0.2) is 0 Å². The van der Waals surface area contributed by atoms with E-state index in [4.69, 9.17) is 5.11 Å². The summed E-state index contributed by atoms with van der Waals surface area (Å²) >= 11 is 0. The van der Waals surface area contributed by atoms with Crippen LogP contribution < -0.4 is 10.6 Å². The quantitative estimate of drug-likeness (QED) is 0.716. The number of benzene rings is 1. The molecule has 0 aliphatic heterocycles. The van der Waals surface area contributed by atoms with Crippen molar-refractivity contribution in [2.45, 2.75) is 13.1 Å². The molecule has 1 heterocycles. The zero-order valence-corrected chi connectivity index (χ0v) is 11.2. The first-order valence-corrected chi connectivity index (χ1v) is 6.33. The van der Waals surface area contributed by atoms with E-state index in [2.05, 4.69) is 20.9 Å². The van der Waals surface area contributed by atoms with Crippen LogP contribution in [0.15, 0.2) is 36.7 Å². The lowest BCUT2D eigenvalue weighted by Crippen LogP contribution is -2.36. The Kier molecular flexibility index (Phi) is 4.86. The molecule has 1 aromatic heterocycles. The molecule has 0 aliphatic rings. The van der Waals surface area contributed by atoms with Gasteiger partial charge in [-0.2, -0.15) is 0 Å². The Balaban J connectivity index is 1.73. The molecule has 0 fully saturated rings. The van der Waals surface area contributed by atoms with E-state index < -0.39 is 5.97 Å². The maximum atomic E-state index is 11.6. The molecule has 21 heavy (non-hydrogen) atoms. The van der Waals surface area contributed by atoms with Crippen LogP contribution in [-0.4, -0.2) is 38.6 Å². The van der Waals surface area contributed by atoms with Crippen LogP contribution in [0.3, 0.4) is 0 Å². The molecule has 0 saturated heterocycles. The van der Waals surface area contributed by atoms with Gasteiger partial charge in [0.05, 0.1) is 18.3 Å². The normalized spacial score (nSPS) is 10.1. The van der Waals surface area contributed by atoms with Crippen molar-refractivity contribution in [2.24, 2.45) is 0 Å². The molecule has 2 aromatic rings. The first-order chi connectivity index (χ1) is 10.1. The van der Waals surface area contributed by atoms with Gasteiger partial charge in [-0.15, -0.1) is 5.10 Å². The fraction of sp³-hybridized carbons (Fsp3) is 0.231. The molecule has 0 spiro atoms. The molecule has 0 saturated carbocycles. The van der Waals surface area contributed by atoms with Crippen LogP contribution in [0.2, 0.25) is 0 Å². The molecule has 110 valence electrons. The van der Waals surface area contributed by atoms with E-state index in [1.54, 1.807) is 29.2 Å². The lowest BCUT2D eigenvalue weighted by Gasteiger charge is -2.08. The number of carbonyl (C=O) groups excluding carboxylic acids is 1. The van der Waals surface area contributed by atoms with Crippen molar-refractivity contribution < 1.29 is 14.7 Å². The number of rotatable bonds is 6. The Morgan fingerprint density at radius 3 is 2.86 bits per heavy atom. The van der Waals surface area contributed by atoms with Crippen molar-refractivity contribution in [1.29, 1.82) is 0 Å². The van der Waals surface area contributed by atoms with Crippen molar-refractivity contribution in [2.75, 3.05) is 6.54 Å². The molecule has 3 N–H and O–H groups in total. The van der Waals surface area contributed by atoms with Gasteiger partial charge in [-0.1, -0.05) is 17.3 Å². The maximum absolute atomic E-state index is 11.6. The number of aromatic carboxylic acids is 1. The highest BCUT2D eigenvalue weighted by Crippen LogP contribution is 2.04. The minimum absolute atomic E-state index is 0.195. The zero-order valence-electron chi connectivity index (χ0n) is 11.2. The smallest absolute Gasteiger partial charge is 0.335 e. The average molecular weight is 289 g/mol. The number of amides is 2. The Bertz CT molecular complexity index is 612. The number of hydrogen-bond acceptors (Lipinski definition) is 4. The standard InChI is InChI=1S/C13H15N5O3/c19-12(20)11-3-1-2-10(8-11)9-15-13(21)14-4-6-18-7-5-16-17-18/h1-3,5,7-8H,4,6,9H2,(H,19,20)(H2,14,15,21). The Morgan fingerprint density at radius 1 is 1.29 bits per heavy atom. The van der Waals surface area contributed by atoms with Crippen LogP contribution >= 0.6 is 0 Å². The minimum atomic E-state index is -0.992. The number of carboxylic acids is 1. The molecule has 1 aromatic carbocycles. The molecule has 0 unspecified atom stereocenters. The highest BCUT2D eigenvalue weighted by atomic mass is 16.4. The largest absolute Gasteiger partial charge is 0.478 e. The van der Waals surface area contributed by atoms with Gasteiger partial charge >= 0.3 is 12.0 Å². The van der Waals surface area contributed by atoms with Gasteiger partial charge in [-0.05, 0) is 17.7 Å². The fourth-order valence-electron chi connectivity index (χ4n) is 1.70. The van der Waals surface area contributed by atoms with E-state index in [0.29, 0.717) is 13.1 Å². The molecular weight excluding hydrogens is 274 g/mol. The fourth-order valence-corrected chi connectivity index (χ4v) is 1.70. The van der Waals surface area contributed by atoms with E-state index in [0.717, 1.165) is 5.56 Å². The summed E-state index contributed by atoms with van der Waals surface area (Å²) < 4.78 is 1.61. The molecule has 0 aliphatic carbocycles. The summed E-state index contributed by atoms with van der Waals surface area (Å²) in [5.41, 5.74) is 0.919. The first-order valence-electron chi connectivity index (χ1n) is 6.33. The van der Waals surface area contributed by atoms with Crippen LogP contribution in [0.5, 0.6) is 0 Å². The number of carboxylic acid groups (broad SMARTS) is 1. The van der Waals surface area contributed by atoms with Gasteiger partial charge in [0.25, 0.3) is 0 Å². The van der Waals surface area contributed by atoms with Gasteiger partial charge in [-0.25, -0.2) is 9.59 Å². The lowest BCUT2D eigenvalue weighted by atomic mass is 10.1. The summed E-state index contributed by atoms with van der Waals surface area (Å²) in [6.45, 7) is 1.21. The summed E-state index contributed by atoms with van der Waals surface area (Å²) in [5.74, 6) is -0.992. The second-order valence-electron chi connectivity index (χ2n) is 4.28. The van der Waals surface area contributed by atoms with Crippen molar-refractivity contribution in [1.82, 2.24) is 25.6 Å². The molecule has 0 radical (unpaired) electrons. The van der Waals surface area contributed by atoms with Gasteiger partial charge in [0.2, 0.25) is 0 Å². The van der Waals surface area contributed by atoms with Crippen molar-refractivity contribution in [3.63, 3.8) is 0 Å². The third-order valence-corrected chi connectivity index (χ3v) is 2.73. The molecule has 8 nitrogen and oxygen atoms in total. The molecular formula is C13H15N5O3.